The number of Topliss-reactive ketones (excluding diaryl/α,β-unsaturated/α-hetero) is 1. The lowest BCUT2D eigenvalue weighted by molar-refractivity contribution is 0.0470. The van der Waals surface area contributed by atoms with Crippen LogP contribution in [0.3, 0.4) is 0 Å². The summed E-state index contributed by atoms with van der Waals surface area (Å²) in [5.41, 5.74) is 2.59. The molecule has 0 aliphatic heterocycles. The molecule has 0 aliphatic rings. The minimum atomic E-state index is -0.641. The van der Waals surface area contributed by atoms with Crippen molar-refractivity contribution in [3.8, 4) is 16.3 Å². The zero-order valence-electron chi connectivity index (χ0n) is 14.7. The summed E-state index contributed by atoms with van der Waals surface area (Å²) < 4.78 is 10.1. The fourth-order valence-electron chi connectivity index (χ4n) is 2.32. The molecule has 0 unspecified atom stereocenters. The van der Waals surface area contributed by atoms with E-state index in [1.807, 2.05) is 31.2 Å². The second kappa shape index (κ2) is 8.33. The third-order valence-electron chi connectivity index (χ3n) is 3.82. The van der Waals surface area contributed by atoms with Gasteiger partial charge < -0.3 is 9.47 Å². The highest BCUT2D eigenvalue weighted by molar-refractivity contribution is 7.13. The van der Waals surface area contributed by atoms with Crippen molar-refractivity contribution >= 4 is 34.7 Å². The Morgan fingerprint density at radius 1 is 1.15 bits per heavy atom. The van der Waals surface area contributed by atoms with Gasteiger partial charge in [-0.3, -0.25) is 4.79 Å². The average molecular weight is 402 g/mol. The number of nitrogens with zero attached hydrogens (tertiary/aromatic N) is 1. The topological polar surface area (TPSA) is 65.5 Å². The summed E-state index contributed by atoms with van der Waals surface area (Å²) in [6.45, 7) is 1.61. The molecule has 7 heteroatoms. The molecule has 5 nitrogen and oxygen atoms in total. The Hall–Kier alpha value is -2.70. The molecule has 0 saturated carbocycles. The first kappa shape index (κ1) is 19.1. The standard InChI is InChI=1S/C20H16ClNO4S/c1-12-3-5-13(6-4-12)19-22-16(11-27-19)20(24)26-10-17(23)14-7-8-18(25-2)15(21)9-14/h3-9,11H,10H2,1-2H3. The van der Waals surface area contributed by atoms with Crippen LogP contribution in [0.15, 0.2) is 47.8 Å². The van der Waals surface area contributed by atoms with Crippen molar-refractivity contribution < 1.29 is 19.1 Å². The van der Waals surface area contributed by atoms with Gasteiger partial charge in [0.1, 0.15) is 10.8 Å². The number of ether oxygens (including phenoxy) is 2. The average Bonchev–Trinajstić information content (AvgIpc) is 3.16. The van der Waals surface area contributed by atoms with Gasteiger partial charge in [-0.15, -0.1) is 11.3 Å². The normalized spacial score (nSPS) is 10.5. The number of aryl methyl sites for hydroxylation is 1. The lowest BCUT2D eigenvalue weighted by atomic mass is 10.1. The molecule has 0 atom stereocenters. The van der Waals surface area contributed by atoms with Gasteiger partial charge in [0, 0.05) is 16.5 Å². The van der Waals surface area contributed by atoms with Crippen molar-refractivity contribution in [3.05, 3.63) is 69.7 Å². The van der Waals surface area contributed by atoms with E-state index < -0.39 is 5.97 Å². The first-order valence-electron chi connectivity index (χ1n) is 8.04. The van der Waals surface area contributed by atoms with Gasteiger partial charge in [0.15, 0.2) is 18.1 Å². The Bertz CT molecular complexity index is 982. The van der Waals surface area contributed by atoms with Gasteiger partial charge in [0.2, 0.25) is 0 Å². The number of aromatic nitrogens is 1. The van der Waals surface area contributed by atoms with Gasteiger partial charge in [-0.2, -0.15) is 0 Å². The van der Waals surface area contributed by atoms with E-state index in [9.17, 15) is 9.59 Å². The largest absolute Gasteiger partial charge is 0.495 e. The zero-order chi connectivity index (χ0) is 19.4. The number of benzene rings is 2. The van der Waals surface area contributed by atoms with Crippen LogP contribution in [0.5, 0.6) is 5.75 Å². The number of ketones is 1. The van der Waals surface area contributed by atoms with Gasteiger partial charge in [0.05, 0.1) is 12.1 Å². The zero-order valence-corrected chi connectivity index (χ0v) is 16.3. The molecule has 0 spiro atoms. The van der Waals surface area contributed by atoms with Crippen LogP contribution in [-0.2, 0) is 4.74 Å². The molecule has 0 N–H and O–H groups in total. The molecule has 27 heavy (non-hydrogen) atoms. The fraction of sp³-hybridized carbons (Fsp3) is 0.150. The summed E-state index contributed by atoms with van der Waals surface area (Å²) in [5, 5.41) is 2.65. The maximum Gasteiger partial charge on any atom is 0.358 e. The lowest BCUT2D eigenvalue weighted by Crippen LogP contribution is -2.14. The first-order valence-corrected chi connectivity index (χ1v) is 9.30. The summed E-state index contributed by atoms with van der Waals surface area (Å²) in [6.07, 6.45) is 0. The molecule has 0 saturated heterocycles. The number of thiazole rings is 1. The highest BCUT2D eigenvalue weighted by Gasteiger charge is 2.16. The van der Waals surface area contributed by atoms with E-state index in [-0.39, 0.29) is 18.1 Å². The smallest absolute Gasteiger partial charge is 0.358 e. The molecule has 0 radical (unpaired) electrons. The van der Waals surface area contributed by atoms with E-state index in [1.165, 1.54) is 24.5 Å². The molecule has 0 fully saturated rings. The van der Waals surface area contributed by atoms with Crippen molar-refractivity contribution in [2.45, 2.75) is 6.92 Å². The van der Waals surface area contributed by atoms with E-state index in [0.717, 1.165) is 16.1 Å². The van der Waals surface area contributed by atoms with Crippen molar-refractivity contribution in [1.29, 1.82) is 0 Å². The number of hydrogen-bond acceptors (Lipinski definition) is 6. The molecular formula is C20H16ClNO4S. The molecule has 1 heterocycles. The van der Waals surface area contributed by atoms with Crippen LogP contribution >= 0.6 is 22.9 Å². The van der Waals surface area contributed by atoms with Crippen molar-refractivity contribution in [1.82, 2.24) is 4.98 Å². The maximum atomic E-state index is 12.2. The maximum absolute atomic E-state index is 12.2. The number of esters is 1. The number of hydrogen-bond donors (Lipinski definition) is 0. The second-order valence-electron chi connectivity index (χ2n) is 5.75. The number of rotatable bonds is 6. The number of carbonyl (C=O) groups excluding carboxylic acids is 2. The van der Waals surface area contributed by atoms with Gasteiger partial charge in [-0.05, 0) is 25.1 Å². The van der Waals surface area contributed by atoms with Gasteiger partial charge in [-0.1, -0.05) is 41.4 Å². The van der Waals surface area contributed by atoms with Crippen molar-refractivity contribution in [2.75, 3.05) is 13.7 Å². The SMILES string of the molecule is COc1ccc(C(=O)COC(=O)c2csc(-c3ccc(C)cc3)n2)cc1Cl. The van der Waals surface area contributed by atoms with Crippen LogP contribution < -0.4 is 4.74 Å². The van der Waals surface area contributed by atoms with E-state index in [0.29, 0.717) is 16.3 Å². The van der Waals surface area contributed by atoms with Crippen LogP contribution in [0.2, 0.25) is 5.02 Å². The van der Waals surface area contributed by atoms with E-state index in [4.69, 9.17) is 21.1 Å². The highest BCUT2D eigenvalue weighted by atomic mass is 35.5. The van der Waals surface area contributed by atoms with E-state index in [1.54, 1.807) is 17.5 Å². The molecule has 1 aromatic heterocycles. The third kappa shape index (κ3) is 4.53. The van der Waals surface area contributed by atoms with Crippen molar-refractivity contribution in [2.24, 2.45) is 0 Å². The quantitative estimate of drug-likeness (QED) is 0.437. The monoisotopic (exact) mass is 401 g/mol. The fourth-order valence-corrected chi connectivity index (χ4v) is 3.38. The molecule has 0 aliphatic carbocycles. The molecule has 3 rings (SSSR count). The second-order valence-corrected chi connectivity index (χ2v) is 7.02. The lowest BCUT2D eigenvalue weighted by Gasteiger charge is -2.06. The molecule has 0 amide bonds. The number of methoxy groups -OCH3 is 1. The van der Waals surface area contributed by atoms with Crippen LogP contribution in [0, 0.1) is 6.92 Å². The third-order valence-corrected chi connectivity index (χ3v) is 5.01. The van der Waals surface area contributed by atoms with Crippen LogP contribution in [0.4, 0.5) is 0 Å². The predicted octanol–water partition coefficient (Wildman–Crippen LogP) is 4.82. The summed E-state index contributed by atoms with van der Waals surface area (Å²) >= 11 is 7.35. The summed E-state index contributed by atoms with van der Waals surface area (Å²) in [5.74, 6) is -0.532. The molecule has 138 valence electrons. The summed E-state index contributed by atoms with van der Waals surface area (Å²) in [4.78, 5) is 28.7. The van der Waals surface area contributed by atoms with Gasteiger partial charge >= 0.3 is 5.97 Å². The van der Waals surface area contributed by atoms with Crippen LogP contribution in [0.25, 0.3) is 10.6 Å². The van der Waals surface area contributed by atoms with Gasteiger partial charge in [-0.25, -0.2) is 9.78 Å². The number of carbonyl (C=O) groups is 2. The minimum absolute atomic E-state index is 0.177. The van der Waals surface area contributed by atoms with E-state index in [2.05, 4.69) is 4.98 Å². The Kier molecular flexibility index (Phi) is 5.88. The highest BCUT2D eigenvalue weighted by Crippen LogP contribution is 2.26. The van der Waals surface area contributed by atoms with Crippen molar-refractivity contribution in [3.63, 3.8) is 0 Å². The minimum Gasteiger partial charge on any atom is -0.495 e. The number of halogens is 1. The molecule has 0 bridgehead atoms. The van der Waals surface area contributed by atoms with Crippen LogP contribution in [0.1, 0.15) is 26.4 Å². The Labute approximate surface area is 165 Å². The van der Waals surface area contributed by atoms with Crippen LogP contribution in [-0.4, -0.2) is 30.5 Å². The Morgan fingerprint density at radius 3 is 2.56 bits per heavy atom. The summed E-state index contributed by atoms with van der Waals surface area (Å²) in [6, 6.07) is 12.5. The Balaban J connectivity index is 1.63. The molecule has 2 aromatic carbocycles. The molecular weight excluding hydrogens is 386 g/mol. The predicted molar refractivity (Wildman–Crippen MR) is 105 cm³/mol. The Morgan fingerprint density at radius 2 is 1.89 bits per heavy atom. The van der Waals surface area contributed by atoms with Gasteiger partial charge in [0.25, 0.3) is 0 Å². The first-order chi connectivity index (χ1) is 13.0. The summed E-state index contributed by atoms with van der Waals surface area (Å²) in [7, 11) is 1.49. The van der Waals surface area contributed by atoms with E-state index >= 15 is 0 Å². The molecule has 3 aromatic rings.